The number of nitrogens with zero attached hydrogens (tertiary/aromatic N) is 1. The maximum absolute atomic E-state index is 13.9. The second-order valence-electron chi connectivity index (χ2n) is 9.13. The molecule has 4 rings (SSSR count). The summed E-state index contributed by atoms with van der Waals surface area (Å²) in [5, 5.41) is 10.8. The minimum atomic E-state index is -1.58. The highest BCUT2D eigenvalue weighted by molar-refractivity contribution is 6.30. The number of fused-ring (bicyclic) bond motifs is 1. The van der Waals surface area contributed by atoms with E-state index in [9.17, 15) is 19.5 Å². The monoisotopic (exact) mass is 533 g/mol. The van der Waals surface area contributed by atoms with Gasteiger partial charge in [0.1, 0.15) is 5.75 Å². The van der Waals surface area contributed by atoms with E-state index in [4.69, 9.17) is 21.1 Å². The molecule has 3 aromatic carbocycles. The molecule has 1 N–H and O–H groups in total. The zero-order valence-corrected chi connectivity index (χ0v) is 22.0. The molecule has 7 nitrogen and oxygen atoms in total. The van der Waals surface area contributed by atoms with E-state index in [0.29, 0.717) is 27.6 Å². The third kappa shape index (κ3) is 5.02. The number of allylic oxidation sites excluding steroid dienone is 1. The summed E-state index contributed by atoms with van der Waals surface area (Å²) < 4.78 is 10.9. The zero-order chi connectivity index (χ0) is 27.4. The van der Waals surface area contributed by atoms with Crippen molar-refractivity contribution in [1.82, 2.24) is 0 Å². The van der Waals surface area contributed by atoms with Crippen LogP contribution in [0.5, 0.6) is 5.75 Å². The van der Waals surface area contributed by atoms with Gasteiger partial charge in [0.25, 0.3) is 5.91 Å². The van der Waals surface area contributed by atoms with Crippen molar-refractivity contribution in [2.45, 2.75) is 37.8 Å². The number of carboxylic acid groups (broad SMARTS) is 1. The predicted octanol–water partition coefficient (Wildman–Crippen LogP) is 5.76. The highest BCUT2D eigenvalue weighted by atomic mass is 35.5. The zero-order valence-electron chi connectivity index (χ0n) is 21.3. The van der Waals surface area contributed by atoms with Gasteiger partial charge in [-0.15, -0.1) is 0 Å². The first kappa shape index (κ1) is 26.9. The molecule has 0 bridgehead atoms. The molecular formula is C30H28ClNO6. The summed E-state index contributed by atoms with van der Waals surface area (Å²) in [6, 6.07) is 20.5. The number of carboxylic acids is 1. The standard InChI is InChI=1S/C30H28ClNO6/c1-19-30(27(29(35)36)38-20(2)33,17-7-10-21-8-5-4-6-9-21)25-18-24(37-3)15-16-26(25)32(19)28(34)22-11-13-23(31)14-12-22/h4-16,18-19,27H,17H2,1-3H3,(H,35,36). The van der Waals surface area contributed by atoms with Crippen LogP contribution in [0.1, 0.15) is 41.8 Å². The summed E-state index contributed by atoms with van der Waals surface area (Å²) >= 11 is 6.04. The Kier molecular flexibility index (Phi) is 7.88. The Morgan fingerprint density at radius 3 is 2.37 bits per heavy atom. The second-order valence-corrected chi connectivity index (χ2v) is 9.56. The number of benzene rings is 3. The molecule has 3 unspecified atom stereocenters. The molecule has 38 heavy (non-hydrogen) atoms. The molecule has 3 atom stereocenters. The van der Waals surface area contributed by atoms with Crippen LogP contribution in [-0.2, 0) is 19.7 Å². The Balaban J connectivity index is 1.92. The average molecular weight is 534 g/mol. The third-order valence-corrected chi connectivity index (χ3v) is 7.20. The Morgan fingerprint density at radius 2 is 1.76 bits per heavy atom. The van der Waals surface area contributed by atoms with Crippen LogP contribution < -0.4 is 9.64 Å². The molecule has 1 heterocycles. The third-order valence-electron chi connectivity index (χ3n) is 6.95. The number of esters is 1. The first-order valence-corrected chi connectivity index (χ1v) is 12.5. The van der Waals surface area contributed by atoms with Crippen LogP contribution in [0.3, 0.4) is 0 Å². The maximum atomic E-state index is 13.9. The van der Waals surface area contributed by atoms with Crippen LogP contribution in [0.15, 0.2) is 78.9 Å². The topological polar surface area (TPSA) is 93.1 Å². The predicted molar refractivity (Wildman–Crippen MR) is 146 cm³/mol. The van der Waals surface area contributed by atoms with Crippen LogP contribution in [-0.4, -0.2) is 42.2 Å². The van der Waals surface area contributed by atoms with Gasteiger partial charge in [0.15, 0.2) is 0 Å². The quantitative estimate of drug-likeness (QED) is 0.370. The van der Waals surface area contributed by atoms with Crippen molar-refractivity contribution < 1.29 is 29.0 Å². The van der Waals surface area contributed by atoms with Crippen molar-refractivity contribution in [3.05, 3.63) is 101 Å². The number of carbonyl (C=O) groups excluding carboxylic acids is 2. The molecule has 0 fully saturated rings. The highest BCUT2D eigenvalue weighted by Crippen LogP contribution is 2.52. The van der Waals surface area contributed by atoms with Crippen molar-refractivity contribution >= 4 is 41.2 Å². The number of carbonyl (C=O) groups is 3. The molecule has 1 aliphatic rings. The van der Waals surface area contributed by atoms with E-state index in [0.717, 1.165) is 5.56 Å². The number of methoxy groups -OCH3 is 1. The molecule has 0 aliphatic carbocycles. The highest BCUT2D eigenvalue weighted by Gasteiger charge is 2.58. The van der Waals surface area contributed by atoms with Gasteiger partial charge in [-0.05, 0) is 66.9 Å². The summed E-state index contributed by atoms with van der Waals surface area (Å²) in [4.78, 5) is 40.3. The Hall–Kier alpha value is -4.10. The van der Waals surface area contributed by atoms with E-state index in [1.807, 2.05) is 42.5 Å². The van der Waals surface area contributed by atoms with Crippen molar-refractivity contribution in [3.63, 3.8) is 0 Å². The molecule has 0 aromatic heterocycles. The van der Waals surface area contributed by atoms with Crippen LogP contribution in [0.25, 0.3) is 6.08 Å². The molecule has 1 amide bonds. The summed E-state index contributed by atoms with van der Waals surface area (Å²) in [6.45, 7) is 2.95. The second kappa shape index (κ2) is 11.1. The van der Waals surface area contributed by atoms with Crippen molar-refractivity contribution in [2.24, 2.45) is 0 Å². The smallest absolute Gasteiger partial charge is 0.346 e. The van der Waals surface area contributed by atoms with E-state index in [2.05, 4.69) is 0 Å². The number of anilines is 1. The van der Waals surface area contributed by atoms with Gasteiger partial charge in [-0.2, -0.15) is 0 Å². The van der Waals surface area contributed by atoms with Gasteiger partial charge in [-0.3, -0.25) is 9.59 Å². The number of aliphatic carboxylic acids is 1. The van der Waals surface area contributed by atoms with Crippen LogP contribution in [0, 0.1) is 0 Å². The number of amides is 1. The number of ether oxygens (including phenoxy) is 2. The summed E-state index contributed by atoms with van der Waals surface area (Å²) in [5.74, 6) is -1.89. The summed E-state index contributed by atoms with van der Waals surface area (Å²) in [6.07, 6.45) is 2.32. The normalized spacial score (nSPS) is 19.2. The maximum Gasteiger partial charge on any atom is 0.346 e. The van der Waals surface area contributed by atoms with Crippen molar-refractivity contribution in [1.29, 1.82) is 0 Å². The van der Waals surface area contributed by atoms with Crippen LogP contribution in [0.4, 0.5) is 5.69 Å². The number of hydrogen-bond donors (Lipinski definition) is 1. The molecule has 196 valence electrons. The van der Waals surface area contributed by atoms with Crippen LogP contribution >= 0.6 is 11.6 Å². The van der Waals surface area contributed by atoms with Gasteiger partial charge < -0.3 is 19.5 Å². The van der Waals surface area contributed by atoms with Gasteiger partial charge in [0, 0.05) is 29.2 Å². The van der Waals surface area contributed by atoms with Gasteiger partial charge in [0.05, 0.1) is 12.5 Å². The molecule has 0 saturated heterocycles. The minimum Gasteiger partial charge on any atom is -0.497 e. The Bertz CT molecular complexity index is 1370. The minimum absolute atomic E-state index is 0.165. The molecule has 1 aliphatic heterocycles. The first-order chi connectivity index (χ1) is 18.2. The summed E-state index contributed by atoms with van der Waals surface area (Å²) in [7, 11) is 1.51. The van der Waals surface area contributed by atoms with E-state index >= 15 is 0 Å². The molecule has 3 aromatic rings. The lowest BCUT2D eigenvalue weighted by molar-refractivity contribution is -0.168. The van der Waals surface area contributed by atoms with Gasteiger partial charge in [-0.1, -0.05) is 54.1 Å². The largest absolute Gasteiger partial charge is 0.497 e. The van der Waals surface area contributed by atoms with E-state index in [-0.39, 0.29) is 12.3 Å². The van der Waals surface area contributed by atoms with Gasteiger partial charge in [0.2, 0.25) is 6.10 Å². The number of halogens is 1. The van der Waals surface area contributed by atoms with E-state index < -0.39 is 29.5 Å². The average Bonchev–Trinajstić information content (AvgIpc) is 3.15. The van der Waals surface area contributed by atoms with Crippen LogP contribution in [0.2, 0.25) is 5.02 Å². The lowest BCUT2D eigenvalue weighted by Gasteiger charge is -2.39. The Labute approximate surface area is 226 Å². The molecule has 0 spiro atoms. The lowest BCUT2D eigenvalue weighted by atomic mass is 9.69. The lowest BCUT2D eigenvalue weighted by Crippen LogP contribution is -2.55. The fourth-order valence-corrected chi connectivity index (χ4v) is 5.28. The van der Waals surface area contributed by atoms with E-state index in [1.54, 1.807) is 54.3 Å². The molecule has 0 radical (unpaired) electrons. The SMILES string of the molecule is COc1ccc2c(c1)C(CC=Cc1ccccc1)(C(OC(C)=O)C(=O)O)C(C)N2C(=O)c1ccc(Cl)cc1. The van der Waals surface area contributed by atoms with Gasteiger partial charge >= 0.3 is 11.9 Å². The molecular weight excluding hydrogens is 506 g/mol. The number of hydrogen-bond acceptors (Lipinski definition) is 5. The van der Waals surface area contributed by atoms with Gasteiger partial charge in [-0.25, -0.2) is 4.79 Å². The first-order valence-electron chi connectivity index (χ1n) is 12.1. The fraction of sp³-hybridized carbons (Fsp3) is 0.233. The Morgan fingerprint density at radius 1 is 1.08 bits per heavy atom. The van der Waals surface area contributed by atoms with Crippen molar-refractivity contribution in [2.75, 3.05) is 12.0 Å². The fourth-order valence-electron chi connectivity index (χ4n) is 5.15. The molecule has 8 heteroatoms. The van der Waals surface area contributed by atoms with Crippen molar-refractivity contribution in [3.8, 4) is 5.75 Å². The molecule has 0 saturated carbocycles. The summed E-state index contributed by atoms with van der Waals surface area (Å²) in [5.41, 5.74) is 1.04. The van der Waals surface area contributed by atoms with E-state index in [1.165, 1.54) is 14.0 Å². The number of rotatable bonds is 8.